The van der Waals surface area contributed by atoms with Crippen LogP contribution in [-0.4, -0.2) is 20.4 Å². The van der Waals surface area contributed by atoms with Crippen LogP contribution < -0.4 is 16.9 Å². The van der Waals surface area contributed by atoms with Gasteiger partial charge in [-0.2, -0.15) is 9.59 Å². The molecular weight excluding hydrogens is 540 g/mol. The number of carbonyl (C=O) groups excluding carboxylic acids is 2. The Morgan fingerprint density at radius 2 is 0.690 bits per heavy atom. The zero-order chi connectivity index (χ0) is 30.5. The van der Waals surface area contributed by atoms with E-state index in [4.69, 9.17) is 22.8 Å². The number of para-hydroxylation sites is 3. The number of benzene rings is 3. The first kappa shape index (κ1) is 36.6. The van der Waals surface area contributed by atoms with Gasteiger partial charge >= 0.3 is 23.0 Å². The molecule has 0 amide bonds. The fourth-order valence-electron chi connectivity index (χ4n) is 3.03. The van der Waals surface area contributed by atoms with Crippen LogP contribution in [0.3, 0.4) is 0 Å². The van der Waals surface area contributed by atoms with E-state index in [2.05, 4.69) is 4.74 Å². The number of ether oxygens (including phenoxy) is 1. The van der Waals surface area contributed by atoms with Crippen LogP contribution in [0.25, 0.3) is 32.9 Å². The zero-order valence-electron chi connectivity index (χ0n) is 23.1. The normalized spacial score (nSPS) is 8.76. The van der Waals surface area contributed by atoms with Gasteiger partial charge in [0.25, 0.3) is 0 Å². The third-order valence-corrected chi connectivity index (χ3v) is 4.59. The Bertz CT molecular complexity index is 1610. The van der Waals surface area contributed by atoms with Crippen LogP contribution in [-0.2, 0) is 14.3 Å². The molecule has 42 heavy (non-hydrogen) atoms. The smallest absolute Gasteiger partial charge is 0.373 e. The number of hydrogen-bond donors (Lipinski definition) is 0. The third-order valence-electron chi connectivity index (χ3n) is 4.59. The molecule has 0 bridgehead atoms. The number of methoxy groups -OCH3 is 1. The summed E-state index contributed by atoms with van der Waals surface area (Å²) in [5.74, 6) is 0. The molecule has 0 atom stereocenters. The number of fused-ring (bicyclic) bond motifs is 3. The van der Waals surface area contributed by atoms with Crippen LogP contribution >= 0.6 is 0 Å². The molecular formula is C33H34O9. The van der Waals surface area contributed by atoms with Crippen molar-refractivity contribution in [2.24, 2.45) is 0 Å². The van der Waals surface area contributed by atoms with Gasteiger partial charge in [-0.05, 0) is 36.4 Å². The van der Waals surface area contributed by atoms with Crippen molar-refractivity contribution in [2.75, 3.05) is 14.2 Å². The minimum Gasteiger partial charge on any atom is -0.423 e. The molecule has 0 radical (unpaired) electrons. The van der Waals surface area contributed by atoms with Crippen LogP contribution in [0.1, 0.15) is 21.3 Å². The van der Waals surface area contributed by atoms with Crippen molar-refractivity contribution in [3.05, 3.63) is 140 Å². The van der Waals surface area contributed by atoms with E-state index in [0.717, 1.165) is 16.2 Å². The Morgan fingerprint density at radius 3 is 0.929 bits per heavy atom. The summed E-state index contributed by atoms with van der Waals surface area (Å²) >= 11 is 0. The van der Waals surface area contributed by atoms with E-state index >= 15 is 0 Å². The van der Waals surface area contributed by atoms with Gasteiger partial charge in [0.1, 0.15) is 16.7 Å². The summed E-state index contributed by atoms with van der Waals surface area (Å²) in [4.78, 5) is 48.4. The van der Waals surface area contributed by atoms with Gasteiger partial charge in [-0.25, -0.2) is 14.4 Å². The average Bonchev–Trinajstić information content (AvgIpc) is 2.99. The van der Waals surface area contributed by atoms with Crippen molar-refractivity contribution in [1.29, 1.82) is 0 Å². The lowest BCUT2D eigenvalue weighted by atomic mass is 10.2. The molecule has 0 fully saturated rings. The Kier molecular flexibility index (Phi) is 18.7. The average molecular weight is 575 g/mol. The van der Waals surface area contributed by atoms with Crippen molar-refractivity contribution in [2.45, 2.75) is 21.3 Å². The molecule has 0 saturated carbocycles. The van der Waals surface area contributed by atoms with Crippen LogP contribution in [0.5, 0.6) is 0 Å². The van der Waals surface area contributed by atoms with Crippen LogP contribution in [0.15, 0.2) is 137 Å². The molecule has 0 N–H and O–H groups in total. The quantitative estimate of drug-likeness (QED) is 0.181. The summed E-state index contributed by atoms with van der Waals surface area (Å²) in [6, 6.07) is 31.8. The molecule has 6 rings (SSSR count). The molecule has 0 aliphatic heterocycles. The Hall–Kier alpha value is -5.37. The summed E-state index contributed by atoms with van der Waals surface area (Å²) in [5.41, 5.74) is 1.01. The third kappa shape index (κ3) is 13.1. The van der Waals surface area contributed by atoms with Gasteiger partial charge < -0.3 is 18.0 Å². The summed E-state index contributed by atoms with van der Waals surface area (Å²) in [7, 11) is 3.25. The minimum absolute atomic E-state index is 0. The topological polar surface area (TPSA) is 134 Å². The second-order valence-electron chi connectivity index (χ2n) is 7.37. The molecule has 3 aromatic carbocycles. The molecule has 0 aliphatic carbocycles. The second-order valence-corrected chi connectivity index (χ2v) is 7.37. The van der Waals surface area contributed by atoms with Gasteiger partial charge in [0.15, 0.2) is 0 Å². The standard InChI is InChI=1S/3C9H6O2.C2H6O.C2H6.CO2.CH4/c3*10-9-6-5-7-3-1-2-4-8(7)11-9;1-3-2;1-2;2-1-3;/h3*1-6H;1-2H3;1-2H3;;1H4. The van der Waals surface area contributed by atoms with E-state index < -0.39 is 0 Å². The van der Waals surface area contributed by atoms with E-state index in [1.54, 1.807) is 50.6 Å². The van der Waals surface area contributed by atoms with Gasteiger partial charge in [0.05, 0.1) is 0 Å². The second kappa shape index (κ2) is 21.5. The molecule has 9 nitrogen and oxygen atoms in total. The molecule has 0 saturated heterocycles. The lowest BCUT2D eigenvalue weighted by Crippen LogP contribution is -1.93. The van der Waals surface area contributed by atoms with Gasteiger partial charge in [0, 0.05) is 48.6 Å². The number of hydrogen-bond acceptors (Lipinski definition) is 9. The predicted octanol–water partition coefficient (Wildman–Crippen LogP) is 6.72. The molecule has 0 aliphatic rings. The van der Waals surface area contributed by atoms with Gasteiger partial charge in [-0.15, -0.1) is 0 Å². The van der Waals surface area contributed by atoms with Crippen molar-refractivity contribution >= 4 is 39.1 Å². The van der Waals surface area contributed by atoms with E-state index in [-0.39, 0.29) is 30.5 Å². The van der Waals surface area contributed by atoms with Crippen LogP contribution in [0.2, 0.25) is 0 Å². The first-order chi connectivity index (χ1) is 19.9. The molecule has 6 aromatic rings. The summed E-state index contributed by atoms with van der Waals surface area (Å²) < 4.78 is 19.0. The van der Waals surface area contributed by atoms with Crippen molar-refractivity contribution in [3.8, 4) is 0 Å². The molecule has 3 heterocycles. The first-order valence-corrected chi connectivity index (χ1v) is 12.3. The summed E-state index contributed by atoms with van der Waals surface area (Å²) in [6.45, 7) is 4.00. The first-order valence-electron chi connectivity index (χ1n) is 12.3. The maximum absolute atomic E-state index is 10.7. The predicted molar refractivity (Wildman–Crippen MR) is 163 cm³/mol. The highest BCUT2D eigenvalue weighted by molar-refractivity contribution is 5.77. The van der Waals surface area contributed by atoms with Crippen molar-refractivity contribution < 1.29 is 27.6 Å². The lowest BCUT2D eigenvalue weighted by molar-refractivity contribution is -0.191. The fourth-order valence-corrected chi connectivity index (χ4v) is 3.03. The van der Waals surface area contributed by atoms with Gasteiger partial charge in [0.2, 0.25) is 0 Å². The highest BCUT2D eigenvalue weighted by atomic mass is 16.5. The molecule has 9 heteroatoms. The van der Waals surface area contributed by atoms with E-state index in [1.807, 2.05) is 68.4 Å². The minimum atomic E-state index is -0.302. The SMILES string of the molecule is C.CC.COC.O=C=O.O=c1ccc2ccccc2o1.O=c1ccc2ccccc2o1.O=c1ccc2ccccc2o1. The fraction of sp³-hybridized carbons (Fsp3) is 0.152. The van der Waals surface area contributed by atoms with E-state index in [9.17, 15) is 14.4 Å². The molecule has 220 valence electrons. The van der Waals surface area contributed by atoms with Crippen molar-refractivity contribution in [1.82, 2.24) is 0 Å². The Balaban J connectivity index is 0.000000528. The number of rotatable bonds is 0. The highest BCUT2D eigenvalue weighted by Gasteiger charge is 1.94. The highest BCUT2D eigenvalue weighted by Crippen LogP contribution is 2.10. The van der Waals surface area contributed by atoms with Crippen LogP contribution in [0.4, 0.5) is 0 Å². The van der Waals surface area contributed by atoms with E-state index in [1.165, 1.54) is 18.2 Å². The van der Waals surface area contributed by atoms with Crippen molar-refractivity contribution in [3.63, 3.8) is 0 Å². The van der Waals surface area contributed by atoms with Crippen LogP contribution in [0, 0.1) is 0 Å². The maximum Gasteiger partial charge on any atom is 0.373 e. The van der Waals surface area contributed by atoms with Gasteiger partial charge in [-0.3, -0.25) is 0 Å². The largest absolute Gasteiger partial charge is 0.423 e. The zero-order valence-corrected chi connectivity index (χ0v) is 23.1. The van der Waals surface area contributed by atoms with E-state index in [0.29, 0.717) is 16.7 Å². The Morgan fingerprint density at radius 1 is 0.476 bits per heavy atom. The summed E-state index contributed by atoms with van der Waals surface area (Å²) in [5, 5.41) is 2.85. The maximum atomic E-state index is 10.7. The Labute approximate surface area is 242 Å². The lowest BCUT2D eigenvalue weighted by Gasteiger charge is -1.91. The summed E-state index contributed by atoms with van der Waals surface area (Å²) in [6.07, 6.45) is 0.250. The van der Waals surface area contributed by atoms with Gasteiger partial charge in [-0.1, -0.05) is 75.9 Å². The molecule has 3 aromatic heterocycles. The molecule has 0 unspecified atom stereocenters. The molecule has 0 spiro atoms. The monoisotopic (exact) mass is 574 g/mol.